The second-order valence-electron chi connectivity index (χ2n) is 4.51. The SMILES string of the molecule is NN1C(=O)C(c2ccccc2)C=C1c1ccccc1. The van der Waals surface area contributed by atoms with Crippen molar-refractivity contribution in [3.63, 3.8) is 0 Å². The minimum Gasteiger partial charge on any atom is -0.272 e. The number of amides is 1. The van der Waals surface area contributed by atoms with Crippen LogP contribution >= 0.6 is 0 Å². The lowest BCUT2D eigenvalue weighted by Crippen LogP contribution is -2.33. The summed E-state index contributed by atoms with van der Waals surface area (Å²) in [6.07, 6.45) is 1.92. The smallest absolute Gasteiger partial charge is 0.252 e. The maximum atomic E-state index is 12.2. The Morgan fingerprint density at radius 1 is 0.895 bits per heavy atom. The first-order valence-corrected chi connectivity index (χ1v) is 6.18. The number of nitrogens with two attached hydrogens (primary N) is 1. The van der Waals surface area contributed by atoms with Gasteiger partial charge in [-0.3, -0.25) is 4.79 Å². The molecule has 0 bridgehead atoms. The van der Waals surface area contributed by atoms with Crippen molar-refractivity contribution in [1.82, 2.24) is 5.01 Å². The Hall–Kier alpha value is -2.39. The molecular formula is C16H14N2O. The molecule has 0 radical (unpaired) electrons. The topological polar surface area (TPSA) is 46.3 Å². The second-order valence-corrected chi connectivity index (χ2v) is 4.51. The number of rotatable bonds is 2. The summed E-state index contributed by atoms with van der Waals surface area (Å²) in [7, 11) is 0. The molecule has 1 atom stereocenters. The first-order chi connectivity index (χ1) is 9.27. The van der Waals surface area contributed by atoms with Crippen LogP contribution in [0.2, 0.25) is 0 Å². The van der Waals surface area contributed by atoms with Crippen LogP contribution in [-0.4, -0.2) is 10.9 Å². The summed E-state index contributed by atoms with van der Waals surface area (Å²) in [5.41, 5.74) is 2.69. The number of hydrazine groups is 1. The molecule has 0 saturated carbocycles. The Bertz CT molecular complexity index is 620. The fraction of sp³-hybridized carbons (Fsp3) is 0.0625. The van der Waals surface area contributed by atoms with Crippen molar-refractivity contribution < 1.29 is 4.79 Å². The molecule has 1 heterocycles. The van der Waals surface area contributed by atoms with Gasteiger partial charge in [-0.1, -0.05) is 60.7 Å². The lowest BCUT2D eigenvalue weighted by atomic mass is 9.99. The van der Waals surface area contributed by atoms with Crippen molar-refractivity contribution in [2.75, 3.05) is 0 Å². The van der Waals surface area contributed by atoms with Crippen LogP contribution in [0.3, 0.4) is 0 Å². The highest BCUT2D eigenvalue weighted by atomic mass is 16.2. The molecule has 0 fully saturated rings. The zero-order chi connectivity index (χ0) is 13.2. The van der Waals surface area contributed by atoms with E-state index in [-0.39, 0.29) is 11.8 Å². The molecule has 3 nitrogen and oxygen atoms in total. The lowest BCUT2D eigenvalue weighted by Gasteiger charge is -2.15. The number of benzene rings is 2. The van der Waals surface area contributed by atoms with Crippen LogP contribution in [0.5, 0.6) is 0 Å². The number of nitrogens with zero attached hydrogens (tertiary/aromatic N) is 1. The zero-order valence-corrected chi connectivity index (χ0v) is 10.4. The summed E-state index contributed by atoms with van der Waals surface area (Å²) in [5.74, 6) is 5.51. The van der Waals surface area contributed by atoms with E-state index >= 15 is 0 Å². The van der Waals surface area contributed by atoms with Gasteiger partial charge in [-0.15, -0.1) is 0 Å². The van der Waals surface area contributed by atoms with Gasteiger partial charge in [-0.25, -0.2) is 10.9 Å². The Labute approximate surface area is 111 Å². The Balaban J connectivity index is 2.01. The van der Waals surface area contributed by atoms with E-state index in [2.05, 4.69) is 0 Å². The summed E-state index contributed by atoms with van der Waals surface area (Å²) in [5, 5.41) is 1.24. The Morgan fingerprint density at radius 3 is 2.11 bits per heavy atom. The van der Waals surface area contributed by atoms with Crippen molar-refractivity contribution in [2.45, 2.75) is 5.92 Å². The van der Waals surface area contributed by atoms with Crippen LogP contribution in [0.15, 0.2) is 66.7 Å². The molecule has 3 rings (SSSR count). The molecule has 3 heteroatoms. The largest absolute Gasteiger partial charge is 0.272 e. The molecule has 2 aromatic rings. The number of hydrogen-bond acceptors (Lipinski definition) is 2. The lowest BCUT2D eigenvalue weighted by molar-refractivity contribution is -0.127. The van der Waals surface area contributed by atoms with Gasteiger partial charge in [0.15, 0.2) is 0 Å². The van der Waals surface area contributed by atoms with Crippen molar-refractivity contribution >= 4 is 11.6 Å². The van der Waals surface area contributed by atoms with E-state index in [1.807, 2.05) is 66.7 Å². The van der Waals surface area contributed by atoms with Gasteiger partial charge in [0, 0.05) is 0 Å². The first-order valence-electron chi connectivity index (χ1n) is 6.18. The predicted molar refractivity (Wildman–Crippen MR) is 74.6 cm³/mol. The van der Waals surface area contributed by atoms with E-state index in [1.165, 1.54) is 5.01 Å². The maximum absolute atomic E-state index is 12.2. The van der Waals surface area contributed by atoms with Crippen molar-refractivity contribution in [3.05, 3.63) is 77.9 Å². The van der Waals surface area contributed by atoms with E-state index in [4.69, 9.17) is 5.84 Å². The van der Waals surface area contributed by atoms with Gasteiger partial charge in [0.05, 0.1) is 11.6 Å². The van der Waals surface area contributed by atoms with Gasteiger partial charge in [0.25, 0.3) is 5.91 Å². The highest BCUT2D eigenvalue weighted by Crippen LogP contribution is 2.32. The number of carbonyl (C=O) groups is 1. The Morgan fingerprint density at radius 2 is 1.47 bits per heavy atom. The van der Waals surface area contributed by atoms with Crippen LogP contribution in [-0.2, 0) is 4.79 Å². The average Bonchev–Trinajstić information content (AvgIpc) is 2.77. The van der Waals surface area contributed by atoms with E-state index < -0.39 is 0 Å². The van der Waals surface area contributed by atoms with Crippen LogP contribution in [0.4, 0.5) is 0 Å². The van der Waals surface area contributed by atoms with Crippen LogP contribution in [0.25, 0.3) is 5.70 Å². The Kier molecular flexibility index (Phi) is 2.89. The molecule has 0 aromatic heterocycles. The quantitative estimate of drug-likeness (QED) is 0.657. The minimum absolute atomic E-state index is 0.0925. The van der Waals surface area contributed by atoms with Crippen molar-refractivity contribution in [2.24, 2.45) is 5.84 Å². The van der Waals surface area contributed by atoms with Crippen LogP contribution in [0.1, 0.15) is 17.0 Å². The number of carbonyl (C=O) groups excluding carboxylic acids is 1. The molecule has 0 saturated heterocycles. The summed E-state index contributed by atoms with van der Waals surface area (Å²) in [4.78, 5) is 12.2. The third kappa shape index (κ3) is 2.04. The molecule has 2 N–H and O–H groups in total. The molecular weight excluding hydrogens is 236 g/mol. The zero-order valence-electron chi connectivity index (χ0n) is 10.4. The molecule has 1 amide bonds. The highest BCUT2D eigenvalue weighted by Gasteiger charge is 2.32. The summed E-state index contributed by atoms with van der Waals surface area (Å²) in [6.45, 7) is 0. The highest BCUT2D eigenvalue weighted by molar-refractivity contribution is 5.98. The average molecular weight is 250 g/mol. The standard InChI is InChI=1S/C16H14N2O/c17-18-15(13-9-5-2-6-10-13)11-14(16(18)19)12-7-3-1-4-8-12/h1-11,14H,17H2. The molecule has 19 heavy (non-hydrogen) atoms. The van der Waals surface area contributed by atoms with Crippen LogP contribution in [0, 0.1) is 0 Å². The minimum atomic E-state index is -0.290. The van der Waals surface area contributed by atoms with Crippen molar-refractivity contribution in [1.29, 1.82) is 0 Å². The third-order valence-corrected chi connectivity index (χ3v) is 3.32. The summed E-state index contributed by atoms with van der Waals surface area (Å²) in [6, 6.07) is 19.4. The monoisotopic (exact) mass is 250 g/mol. The molecule has 1 unspecified atom stereocenters. The number of hydrogen-bond donors (Lipinski definition) is 1. The molecule has 94 valence electrons. The van der Waals surface area contributed by atoms with Gasteiger partial charge >= 0.3 is 0 Å². The second kappa shape index (κ2) is 4.71. The van der Waals surface area contributed by atoms with E-state index in [0.29, 0.717) is 0 Å². The van der Waals surface area contributed by atoms with Crippen molar-refractivity contribution in [3.8, 4) is 0 Å². The predicted octanol–water partition coefficient (Wildman–Crippen LogP) is 2.53. The molecule has 1 aliphatic rings. The fourth-order valence-electron chi connectivity index (χ4n) is 2.32. The first kappa shape index (κ1) is 11.7. The molecule has 0 spiro atoms. The van der Waals surface area contributed by atoms with Crippen LogP contribution < -0.4 is 5.84 Å². The van der Waals surface area contributed by atoms with Gasteiger partial charge in [-0.2, -0.15) is 0 Å². The third-order valence-electron chi connectivity index (χ3n) is 3.32. The molecule has 2 aromatic carbocycles. The van der Waals surface area contributed by atoms with Gasteiger partial charge < -0.3 is 0 Å². The fourth-order valence-corrected chi connectivity index (χ4v) is 2.32. The molecule has 1 aliphatic heterocycles. The van der Waals surface area contributed by atoms with Gasteiger partial charge in [0.1, 0.15) is 0 Å². The van der Waals surface area contributed by atoms with E-state index in [0.717, 1.165) is 16.8 Å². The van der Waals surface area contributed by atoms with E-state index in [1.54, 1.807) is 0 Å². The van der Waals surface area contributed by atoms with Gasteiger partial charge in [-0.05, 0) is 17.2 Å². The normalized spacial score (nSPS) is 18.6. The summed E-state index contributed by atoms with van der Waals surface area (Å²) < 4.78 is 0. The van der Waals surface area contributed by atoms with Gasteiger partial charge in [0.2, 0.25) is 0 Å². The van der Waals surface area contributed by atoms with E-state index in [9.17, 15) is 4.79 Å². The summed E-state index contributed by atoms with van der Waals surface area (Å²) >= 11 is 0. The maximum Gasteiger partial charge on any atom is 0.252 e. The molecule has 0 aliphatic carbocycles.